The summed E-state index contributed by atoms with van der Waals surface area (Å²) < 4.78 is 17.9. The molecule has 0 fully saturated rings. The molecule has 0 amide bonds. The Morgan fingerprint density at radius 1 is 0.963 bits per heavy atom. The first kappa shape index (κ1) is 18.7. The van der Waals surface area contributed by atoms with E-state index in [9.17, 15) is 9.18 Å². The van der Waals surface area contributed by atoms with Crippen molar-refractivity contribution in [1.29, 1.82) is 0 Å². The molecule has 27 heavy (non-hydrogen) atoms. The molecule has 0 spiro atoms. The number of pyridine rings is 2. The van der Waals surface area contributed by atoms with Crippen LogP contribution in [0.15, 0.2) is 67.0 Å². The number of nitrogens with zero attached hydrogens (tertiary/aromatic N) is 3. The summed E-state index contributed by atoms with van der Waals surface area (Å²) in [5.41, 5.74) is 3.14. The summed E-state index contributed by atoms with van der Waals surface area (Å²) >= 11 is 0. The van der Waals surface area contributed by atoms with Crippen molar-refractivity contribution in [3.63, 3.8) is 0 Å². The summed E-state index contributed by atoms with van der Waals surface area (Å²) in [6, 6.07) is 15.6. The summed E-state index contributed by atoms with van der Waals surface area (Å²) in [7, 11) is 1.33. The molecule has 0 aliphatic rings. The van der Waals surface area contributed by atoms with E-state index in [0.29, 0.717) is 19.6 Å². The number of ether oxygens (including phenoxy) is 1. The number of rotatable bonds is 7. The third-order valence-electron chi connectivity index (χ3n) is 4.06. The van der Waals surface area contributed by atoms with Crippen LogP contribution in [0.4, 0.5) is 4.39 Å². The van der Waals surface area contributed by atoms with E-state index in [1.165, 1.54) is 19.2 Å². The summed E-state index contributed by atoms with van der Waals surface area (Å²) in [6.45, 7) is 1.82. The van der Waals surface area contributed by atoms with Crippen LogP contribution in [0.25, 0.3) is 0 Å². The van der Waals surface area contributed by atoms with Crippen molar-refractivity contribution in [2.24, 2.45) is 0 Å². The Balaban J connectivity index is 1.80. The Labute approximate surface area is 157 Å². The molecule has 0 atom stereocenters. The molecule has 0 bridgehead atoms. The number of hydrogen-bond acceptors (Lipinski definition) is 5. The highest BCUT2D eigenvalue weighted by atomic mass is 19.1. The molecule has 0 N–H and O–H groups in total. The van der Waals surface area contributed by atoms with Crippen LogP contribution in [0.1, 0.15) is 27.3 Å². The molecular formula is C21H20FN3O2. The average molecular weight is 365 g/mol. The topological polar surface area (TPSA) is 55.3 Å². The molecular weight excluding hydrogens is 345 g/mol. The molecule has 0 radical (unpaired) electrons. The first-order valence-electron chi connectivity index (χ1n) is 8.54. The average Bonchev–Trinajstić information content (AvgIpc) is 2.70. The Kier molecular flexibility index (Phi) is 6.22. The van der Waals surface area contributed by atoms with Gasteiger partial charge in [0, 0.05) is 32.0 Å². The molecule has 0 unspecified atom stereocenters. The van der Waals surface area contributed by atoms with Gasteiger partial charge in [-0.25, -0.2) is 14.2 Å². The third kappa shape index (κ3) is 5.43. The van der Waals surface area contributed by atoms with Gasteiger partial charge in [0.15, 0.2) is 0 Å². The van der Waals surface area contributed by atoms with E-state index in [0.717, 1.165) is 16.8 Å². The molecule has 138 valence electrons. The molecule has 3 aromatic rings. The number of carbonyl (C=O) groups excluding carboxylic acids is 1. The highest BCUT2D eigenvalue weighted by Gasteiger charge is 2.12. The summed E-state index contributed by atoms with van der Waals surface area (Å²) in [4.78, 5) is 22.3. The van der Waals surface area contributed by atoms with E-state index < -0.39 is 5.97 Å². The fourth-order valence-corrected chi connectivity index (χ4v) is 2.78. The molecule has 2 aromatic heterocycles. The quantitative estimate of drug-likeness (QED) is 0.599. The minimum absolute atomic E-state index is 0.258. The Hall–Kier alpha value is -3.12. The van der Waals surface area contributed by atoms with Crippen LogP contribution in [0.2, 0.25) is 0 Å². The van der Waals surface area contributed by atoms with Gasteiger partial charge in [-0.3, -0.25) is 9.88 Å². The fraction of sp³-hybridized carbons (Fsp3) is 0.190. The van der Waals surface area contributed by atoms with Gasteiger partial charge in [-0.05, 0) is 47.5 Å². The minimum atomic E-state index is -0.462. The Bertz CT molecular complexity index is 885. The second-order valence-corrected chi connectivity index (χ2v) is 6.13. The van der Waals surface area contributed by atoms with E-state index in [1.807, 2.05) is 18.2 Å². The van der Waals surface area contributed by atoms with Crippen LogP contribution >= 0.6 is 0 Å². The van der Waals surface area contributed by atoms with Crippen molar-refractivity contribution in [3.05, 3.63) is 95.3 Å². The monoisotopic (exact) mass is 365 g/mol. The summed E-state index contributed by atoms with van der Waals surface area (Å²) in [5.74, 6) is -0.719. The molecule has 0 aliphatic carbocycles. The van der Waals surface area contributed by atoms with Crippen LogP contribution in [0.3, 0.4) is 0 Å². The highest BCUT2D eigenvalue weighted by Crippen LogP contribution is 2.14. The first-order chi connectivity index (χ1) is 13.1. The van der Waals surface area contributed by atoms with Crippen molar-refractivity contribution in [2.75, 3.05) is 7.11 Å². The van der Waals surface area contributed by atoms with E-state index in [1.54, 1.807) is 36.7 Å². The number of esters is 1. The van der Waals surface area contributed by atoms with Gasteiger partial charge in [0.25, 0.3) is 0 Å². The van der Waals surface area contributed by atoms with Gasteiger partial charge < -0.3 is 4.74 Å². The number of benzene rings is 1. The lowest BCUT2D eigenvalue weighted by Gasteiger charge is -2.22. The van der Waals surface area contributed by atoms with E-state index in [4.69, 9.17) is 4.74 Å². The SMILES string of the molecule is COC(=O)c1cccc(CN(Cc2ccncc2)Cc2ccc(F)cc2)n1. The summed E-state index contributed by atoms with van der Waals surface area (Å²) in [6.07, 6.45) is 3.50. The van der Waals surface area contributed by atoms with E-state index in [-0.39, 0.29) is 11.5 Å². The molecule has 1 aromatic carbocycles. The van der Waals surface area contributed by atoms with Gasteiger partial charge >= 0.3 is 5.97 Å². The Morgan fingerprint density at radius 3 is 2.30 bits per heavy atom. The maximum atomic E-state index is 13.2. The summed E-state index contributed by atoms with van der Waals surface area (Å²) in [5, 5.41) is 0. The predicted molar refractivity (Wildman–Crippen MR) is 99.2 cm³/mol. The normalized spacial score (nSPS) is 10.8. The van der Waals surface area contributed by atoms with Crippen molar-refractivity contribution in [1.82, 2.24) is 14.9 Å². The molecule has 3 rings (SSSR count). The molecule has 0 saturated carbocycles. The zero-order chi connectivity index (χ0) is 19.1. The minimum Gasteiger partial charge on any atom is -0.464 e. The second kappa shape index (κ2) is 9.00. The molecule has 0 saturated heterocycles. The van der Waals surface area contributed by atoms with Crippen molar-refractivity contribution in [3.8, 4) is 0 Å². The maximum absolute atomic E-state index is 13.2. The van der Waals surface area contributed by atoms with E-state index in [2.05, 4.69) is 14.9 Å². The van der Waals surface area contributed by atoms with E-state index >= 15 is 0 Å². The zero-order valence-corrected chi connectivity index (χ0v) is 15.0. The first-order valence-corrected chi connectivity index (χ1v) is 8.54. The zero-order valence-electron chi connectivity index (χ0n) is 15.0. The van der Waals surface area contributed by atoms with Crippen LogP contribution in [-0.4, -0.2) is 27.9 Å². The lowest BCUT2D eigenvalue weighted by molar-refractivity contribution is 0.0593. The van der Waals surface area contributed by atoms with Crippen molar-refractivity contribution >= 4 is 5.97 Å². The van der Waals surface area contributed by atoms with Gasteiger partial charge in [0.2, 0.25) is 0 Å². The van der Waals surface area contributed by atoms with Gasteiger partial charge in [-0.15, -0.1) is 0 Å². The van der Waals surface area contributed by atoms with Gasteiger partial charge in [0.05, 0.1) is 12.8 Å². The highest BCUT2D eigenvalue weighted by molar-refractivity contribution is 5.87. The second-order valence-electron chi connectivity index (χ2n) is 6.13. The lowest BCUT2D eigenvalue weighted by atomic mass is 10.1. The molecule has 5 nitrogen and oxygen atoms in total. The fourth-order valence-electron chi connectivity index (χ4n) is 2.78. The van der Waals surface area contributed by atoms with Gasteiger partial charge in [0.1, 0.15) is 11.5 Å². The number of halogens is 1. The molecule has 2 heterocycles. The van der Waals surface area contributed by atoms with Crippen LogP contribution in [-0.2, 0) is 24.4 Å². The van der Waals surface area contributed by atoms with Crippen molar-refractivity contribution < 1.29 is 13.9 Å². The van der Waals surface area contributed by atoms with Crippen LogP contribution in [0, 0.1) is 5.82 Å². The maximum Gasteiger partial charge on any atom is 0.356 e. The molecule has 6 heteroatoms. The lowest BCUT2D eigenvalue weighted by Crippen LogP contribution is -2.23. The third-order valence-corrected chi connectivity index (χ3v) is 4.06. The number of aromatic nitrogens is 2. The van der Waals surface area contributed by atoms with Gasteiger partial charge in [-0.1, -0.05) is 18.2 Å². The van der Waals surface area contributed by atoms with Crippen LogP contribution < -0.4 is 0 Å². The Morgan fingerprint density at radius 2 is 1.63 bits per heavy atom. The number of carbonyl (C=O) groups is 1. The largest absolute Gasteiger partial charge is 0.464 e. The predicted octanol–water partition coefficient (Wildman–Crippen LogP) is 3.60. The van der Waals surface area contributed by atoms with Crippen LogP contribution in [0.5, 0.6) is 0 Å². The number of hydrogen-bond donors (Lipinski definition) is 0. The standard InChI is InChI=1S/C21H20FN3O2/c1-27-21(26)20-4-2-3-19(24-20)15-25(14-17-9-11-23-12-10-17)13-16-5-7-18(22)8-6-16/h2-12H,13-15H2,1H3. The molecule has 0 aliphatic heterocycles. The van der Waals surface area contributed by atoms with Gasteiger partial charge in [-0.2, -0.15) is 0 Å². The smallest absolute Gasteiger partial charge is 0.356 e. The number of methoxy groups -OCH3 is 1. The van der Waals surface area contributed by atoms with Crippen molar-refractivity contribution in [2.45, 2.75) is 19.6 Å².